The molecule has 0 fully saturated rings. The molecule has 1 aromatic heterocycles. The summed E-state index contributed by atoms with van der Waals surface area (Å²) in [5.41, 5.74) is 0.293. The Kier molecular flexibility index (Phi) is 9.78. The third-order valence-corrected chi connectivity index (χ3v) is 5.60. The summed E-state index contributed by atoms with van der Waals surface area (Å²) >= 11 is 0. The van der Waals surface area contributed by atoms with E-state index in [1.54, 1.807) is 6.92 Å². The summed E-state index contributed by atoms with van der Waals surface area (Å²) in [4.78, 5) is 14.0. The van der Waals surface area contributed by atoms with Crippen LogP contribution >= 0.6 is 0 Å². The van der Waals surface area contributed by atoms with Gasteiger partial charge in [0.1, 0.15) is 10.6 Å². The number of nitrogens with zero attached hydrogens (tertiary/aromatic N) is 2. The average molecular weight is 391 g/mol. The Hall–Kier alpha value is -1.49. The molecular formula is C16H30N4O5S. The van der Waals surface area contributed by atoms with Crippen LogP contribution in [0.4, 0.5) is 0 Å². The normalized spacial score (nSPS) is 11.9. The van der Waals surface area contributed by atoms with E-state index in [1.165, 1.54) is 6.92 Å². The van der Waals surface area contributed by atoms with E-state index in [2.05, 4.69) is 33.9 Å². The van der Waals surface area contributed by atoms with E-state index >= 15 is 0 Å². The first-order valence-electron chi connectivity index (χ1n) is 8.81. The highest BCUT2D eigenvalue weighted by Gasteiger charge is 2.23. The predicted molar refractivity (Wildman–Crippen MR) is 97.4 cm³/mol. The van der Waals surface area contributed by atoms with Gasteiger partial charge in [-0.05, 0) is 26.9 Å². The van der Waals surface area contributed by atoms with Crippen molar-refractivity contribution in [3.63, 3.8) is 0 Å². The largest absolute Gasteiger partial charge is 0.378 e. The van der Waals surface area contributed by atoms with Crippen LogP contribution in [0.3, 0.4) is 0 Å². The number of nitrogens with one attached hydrogen (secondary N) is 2. The number of ether oxygens (including phenoxy) is 1. The van der Waals surface area contributed by atoms with Gasteiger partial charge in [0.15, 0.2) is 5.76 Å². The summed E-state index contributed by atoms with van der Waals surface area (Å²) in [6.07, 6.45) is 0.0437. The van der Waals surface area contributed by atoms with Crippen molar-refractivity contribution < 1.29 is 22.5 Å². The number of carbonyl (C=O) groups is 1. The van der Waals surface area contributed by atoms with Crippen molar-refractivity contribution in [2.75, 3.05) is 45.9 Å². The molecule has 1 rings (SSSR count). The lowest BCUT2D eigenvalue weighted by atomic mass is 10.4. The van der Waals surface area contributed by atoms with Gasteiger partial charge in [-0.2, -0.15) is 0 Å². The SMILES string of the molecule is CCN(CC)CCOCCNC(=O)CCNS(=O)(=O)c1c(C)noc1C. The fraction of sp³-hybridized carbons (Fsp3) is 0.750. The van der Waals surface area contributed by atoms with Gasteiger partial charge in [0.05, 0.1) is 13.2 Å². The van der Waals surface area contributed by atoms with Crippen molar-refractivity contribution in [3.8, 4) is 0 Å². The number of aromatic nitrogens is 1. The molecule has 26 heavy (non-hydrogen) atoms. The molecule has 1 amide bonds. The van der Waals surface area contributed by atoms with Crippen LogP contribution in [0.2, 0.25) is 0 Å². The summed E-state index contributed by atoms with van der Waals surface area (Å²) in [7, 11) is -3.74. The lowest BCUT2D eigenvalue weighted by Gasteiger charge is -2.17. The minimum Gasteiger partial charge on any atom is -0.378 e. The van der Waals surface area contributed by atoms with Crippen LogP contribution in [0.15, 0.2) is 9.42 Å². The Labute approximate surface area is 155 Å². The average Bonchev–Trinajstić information content (AvgIpc) is 2.93. The quantitative estimate of drug-likeness (QED) is 0.470. The highest BCUT2D eigenvalue weighted by molar-refractivity contribution is 7.89. The number of carbonyl (C=O) groups excluding carboxylic acids is 1. The Morgan fingerprint density at radius 3 is 2.46 bits per heavy atom. The Balaban J connectivity index is 2.19. The Bertz CT molecular complexity index is 636. The number of hydrogen-bond donors (Lipinski definition) is 2. The van der Waals surface area contributed by atoms with Crippen molar-refractivity contribution >= 4 is 15.9 Å². The van der Waals surface area contributed by atoms with Gasteiger partial charge in [-0.25, -0.2) is 13.1 Å². The molecule has 1 aromatic rings. The molecule has 0 saturated heterocycles. The zero-order chi connectivity index (χ0) is 19.6. The van der Waals surface area contributed by atoms with Crippen molar-refractivity contribution in [1.29, 1.82) is 0 Å². The number of likely N-dealkylation sites (N-methyl/N-ethyl adjacent to an activating group) is 1. The monoisotopic (exact) mass is 390 g/mol. The molecule has 0 aliphatic heterocycles. The van der Waals surface area contributed by atoms with Gasteiger partial charge in [0, 0.05) is 26.1 Å². The molecule has 10 heteroatoms. The molecule has 0 aliphatic rings. The summed E-state index contributed by atoms with van der Waals surface area (Å²) in [6, 6.07) is 0. The Morgan fingerprint density at radius 2 is 1.88 bits per heavy atom. The maximum Gasteiger partial charge on any atom is 0.245 e. The molecule has 0 aromatic carbocycles. The van der Waals surface area contributed by atoms with E-state index in [9.17, 15) is 13.2 Å². The number of sulfonamides is 1. The van der Waals surface area contributed by atoms with Gasteiger partial charge >= 0.3 is 0 Å². The fourth-order valence-electron chi connectivity index (χ4n) is 2.42. The first-order valence-corrected chi connectivity index (χ1v) is 10.3. The second-order valence-corrected chi connectivity index (χ2v) is 7.49. The minimum absolute atomic E-state index is 0.00104. The van der Waals surface area contributed by atoms with Crippen molar-refractivity contribution in [2.45, 2.75) is 39.0 Å². The fourth-order valence-corrected chi connectivity index (χ4v) is 3.77. The summed E-state index contributed by atoms with van der Waals surface area (Å²) in [5.74, 6) is -0.0138. The predicted octanol–water partition coefficient (Wildman–Crippen LogP) is 0.434. The minimum atomic E-state index is -3.74. The highest BCUT2D eigenvalue weighted by Crippen LogP contribution is 2.18. The summed E-state index contributed by atoms with van der Waals surface area (Å²) in [6.45, 7) is 11.6. The van der Waals surface area contributed by atoms with Gasteiger partial charge in [-0.15, -0.1) is 0 Å². The van der Waals surface area contributed by atoms with E-state index in [4.69, 9.17) is 9.26 Å². The number of aryl methyl sites for hydroxylation is 2. The molecule has 1 heterocycles. The lowest BCUT2D eigenvalue weighted by Crippen LogP contribution is -2.33. The molecule has 0 unspecified atom stereocenters. The van der Waals surface area contributed by atoms with Crippen molar-refractivity contribution in [2.24, 2.45) is 0 Å². The van der Waals surface area contributed by atoms with Crippen LogP contribution < -0.4 is 10.0 Å². The van der Waals surface area contributed by atoms with Crippen LogP contribution in [0, 0.1) is 13.8 Å². The third kappa shape index (κ3) is 7.40. The first-order chi connectivity index (χ1) is 12.3. The number of hydrogen-bond acceptors (Lipinski definition) is 7. The third-order valence-electron chi connectivity index (χ3n) is 3.90. The molecule has 0 saturated carbocycles. The standard InChI is InChI=1S/C16H30N4O5S/c1-5-20(6-2)10-12-24-11-9-17-15(21)7-8-18-26(22,23)16-13(3)19-25-14(16)4/h18H,5-12H2,1-4H3,(H,17,21). The van der Waals surface area contributed by atoms with Crippen LogP contribution in [-0.2, 0) is 19.6 Å². The lowest BCUT2D eigenvalue weighted by molar-refractivity contribution is -0.121. The van der Waals surface area contributed by atoms with E-state index in [1.807, 2.05) is 0 Å². The van der Waals surface area contributed by atoms with Crippen molar-refractivity contribution in [1.82, 2.24) is 20.1 Å². The van der Waals surface area contributed by atoms with E-state index in [0.717, 1.165) is 19.6 Å². The first kappa shape index (κ1) is 22.6. The maximum absolute atomic E-state index is 12.2. The van der Waals surface area contributed by atoms with Gasteiger partial charge in [-0.3, -0.25) is 4.79 Å². The molecule has 9 nitrogen and oxygen atoms in total. The molecule has 2 N–H and O–H groups in total. The molecule has 150 valence electrons. The highest BCUT2D eigenvalue weighted by atomic mass is 32.2. The molecule has 0 aliphatic carbocycles. The molecule has 0 radical (unpaired) electrons. The maximum atomic E-state index is 12.2. The van der Waals surface area contributed by atoms with Crippen LogP contribution in [0.5, 0.6) is 0 Å². The van der Waals surface area contributed by atoms with Crippen LogP contribution in [-0.4, -0.2) is 70.3 Å². The molecule has 0 spiro atoms. The molecule has 0 bridgehead atoms. The van der Waals surface area contributed by atoms with Gasteiger partial charge < -0.3 is 19.5 Å². The van der Waals surface area contributed by atoms with E-state index in [-0.39, 0.29) is 29.5 Å². The smallest absolute Gasteiger partial charge is 0.245 e. The summed E-state index contributed by atoms with van der Waals surface area (Å²) < 4.78 is 37.1. The van der Waals surface area contributed by atoms with Crippen LogP contribution in [0.25, 0.3) is 0 Å². The zero-order valence-corrected chi connectivity index (χ0v) is 16.8. The molecular weight excluding hydrogens is 360 g/mol. The van der Waals surface area contributed by atoms with Crippen LogP contribution in [0.1, 0.15) is 31.7 Å². The van der Waals surface area contributed by atoms with Crippen molar-refractivity contribution in [3.05, 3.63) is 11.5 Å². The topological polar surface area (TPSA) is 114 Å². The second-order valence-electron chi connectivity index (χ2n) is 5.79. The molecule has 0 atom stereocenters. The number of rotatable bonds is 13. The Morgan fingerprint density at radius 1 is 1.19 bits per heavy atom. The van der Waals surface area contributed by atoms with Gasteiger partial charge in [0.2, 0.25) is 15.9 Å². The zero-order valence-electron chi connectivity index (χ0n) is 16.0. The number of amides is 1. The van der Waals surface area contributed by atoms with Gasteiger partial charge in [-0.1, -0.05) is 19.0 Å². The summed E-state index contributed by atoms with van der Waals surface area (Å²) in [5, 5.41) is 6.32. The van der Waals surface area contributed by atoms with Gasteiger partial charge in [0.25, 0.3) is 0 Å². The van der Waals surface area contributed by atoms with E-state index in [0.29, 0.717) is 25.5 Å². The second kappa shape index (κ2) is 11.3. The van der Waals surface area contributed by atoms with E-state index < -0.39 is 10.0 Å².